The Hall–Kier alpha value is -1.89. The normalized spacial score (nSPS) is 11.6. The van der Waals surface area contributed by atoms with Crippen LogP contribution in [0.2, 0.25) is 5.02 Å². The van der Waals surface area contributed by atoms with Gasteiger partial charge in [-0.25, -0.2) is 8.42 Å². The number of para-hydroxylation sites is 1. The molecule has 26 heavy (non-hydrogen) atoms. The van der Waals surface area contributed by atoms with E-state index in [-0.39, 0.29) is 23.9 Å². The molecular formula is C19H23ClN2O3S. The largest absolute Gasteiger partial charge is 0.324 e. The van der Waals surface area contributed by atoms with Gasteiger partial charge in [0.15, 0.2) is 0 Å². The van der Waals surface area contributed by atoms with E-state index in [0.717, 1.165) is 27.5 Å². The lowest BCUT2D eigenvalue weighted by Crippen LogP contribution is -2.38. The van der Waals surface area contributed by atoms with Crippen molar-refractivity contribution in [2.45, 2.75) is 32.1 Å². The fourth-order valence-corrected chi connectivity index (χ4v) is 4.19. The maximum absolute atomic E-state index is 12.8. The first kappa shape index (κ1) is 20.4. The fourth-order valence-electron chi connectivity index (χ4n) is 2.66. The van der Waals surface area contributed by atoms with Crippen molar-refractivity contribution in [1.29, 1.82) is 0 Å². The van der Waals surface area contributed by atoms with Gasteiger partial charge in [0, 0.05) is 17.3 Å². The topological polar surface area (TPSA) is 66.5 Å². The zero-order valence-electron chi connectivity index (χ0n) is 15.1. The van der Waals surface area contributed by atoms with E-state index in [1.54, 1.807) is 6.92 Å². The lowest BCUT2D eigenvalue weighted by molar-refractivity contribution is -0.116. The van der Waals surface area contributed by atoms with Crippen molar-refractivity contribution in [2.24, 2.45) is 0 Å². The van der Waals surface area contributed by atoms with E-state index in [9.17, 15) is 13.2 Å². The summed E-state index contributed by atoms with van der Waals surface area (Å²) in [5, 5.41) is 3.32. The van der Waals surface area contributed by atoms with Gasteiger partial charge in [0.1, 0.15) is 0 Å². The first-order chi connectivity index (χ1) is 12.3. The maximum Gasteiger partial charge on any atom is 0.243 e. The average molecular weight is 395 g/mol. The third kappa shape index (κ3) is 4.63. The molecular weight excluding hydrogens is 372 g/mol. The van der Waals surface area contributed by atoms with Crippen LogP contribution in [0, 0.1) is 6.92 Å². The highest BCUT2D eigenvalue weighted by molar-refractivity contribution is 7.89. The standard InChI is InChI=1S/C19H23ClN2O3S/c1-4-15-8-6-7-14(3)19(15)21-18(23)13-22(5-2)26(24,25)17-11-9-16(20)10-12-17/h6-12H,4-5,13H2,1-3H3,(H,21,23). The molecule has 0 fully saturated rings. The lowest BCUT2D eigenvalue weighted by atomic mass is 10.1. The van der Waals surface area contributed by atoms with Gasteiger partial charge in [-0.2, -0.15) is 4.31 Å². The molecule has 0 saturated heterocycles. The summed E-state index contributed by atoms with van der Waals surface area (Å²) in [6.07, 6.45) is 0.776. The molecule has 2 aromatic rings. The Morgan fingerprint density at radius 3 is 2.35 bits per heavy atom. The van der Waals surface area contributed by atoms with Crippen molar-refractivity contribution >= 4 is 33.2 Å². The summed E-state index contributed by atoms with van der Waals surface area (Å²) >= 11 is 5.82. The van der Waals surface area contributed by atoms with E-state index >= 15 is 0 Å². The van der Waals surface area contributed by atoms with Crippen LogP contribution in [0.5, 0.6) is 0 Å². The molecule has 2 rings (SSSR count). The van der Waals surface area contributed by atoms with Crippen molar-refractivity contribution < 1.29 is 13.2 Å². The molecule has 0 unspecified atom stereocenters. The molecule has 5 nitrogen and oxygen atoms in total. The highest BCUT2D eigenvalue weighted by Gasteiger charge is 2.25. The van der Waals surface area contributed by atoms with E-state index in [4.69, 9.17) is 11.6 Å². The minimum atomic E-state index is -3.77. The average Bonchev–Trinajstić information content (AvgIpc) is 2.61. The molecule has 0 spiro atoms. The Morgan fingerprint density at radius 2 is 1.77 bits per heavy atom. The fraction of sp³-hybridized carbons (Fsp3) is 0.316. The van der Waals surface area contributed by atoms with Gasteiger partial charge in [0.2, 0.25) is 15.9 Å². The first-order valence-corrected chi connectivity index (χ1v) is 10.3. The number of likely N-dealkylation sites (N-methyl/N-ethyl adjacent to an activating group) is 1. The van der Waals surface area contributed by atoms with Crippen molar-refractivity contribution in [2.75, 3.05) is 18.4 Å². The van der Waals surface area contributed by atoms with Gasteiger partial charge in [-0.1, -0.05) is 43.6 Å². The number of carbonyl (C=O) groups excluding carboxylic acids is 1. The molecule has 0 heterocycles. The Balaban J connectivity index is 2.20. The van der Waals surface area contributed by atoms with Crippen LogP contribution in [-0.2, 0) is 21.2 Å². The lowest BCUT2D eigenvalue weighted by Gasteiger charge is -2.21. The smallest absolute Gasteiger partial charge is 0.243 e. The van der Waals surface area contributed by atoms with Crippen LogP contribution < -0.4 is 5.32 Å². The third-order valence-electron chi connectivity index (χ3n) is 4.13. The highest BCUT2D eigenvalue weighted by Crippen LogP contribution is 2.22. The Morgan fingerprint density at radius 1 is 1.12 bits per heavy atom. The number of hydrogen-bond acceptors (Lipinski definition) is 3. The van der Waals surface area contributed by atoms with Crippen molar-refractivity contribution in [3.63, 3.8) is 0 Å². The zero-order valence-corrected chi connectivity index (χ0v) is 16.7. The number of amides is 1. The molecule has 7 heteroatoms. The van der Waals surface area contributed by atoms with Gasteiger partial charge >= 0.3 is 0 Å². The van der Waals surface area contributed by atoms with Gasteiger partial charge in [-0.05, 0) is 48.7 Å². The van der Waals surface area contributed by atoms with E-state index < -0.39 is 10.0 Å². The summed E-state index contributed by atoms with van der Waals surface area (Å²) in [6.45, 7) is 5.56. The molecule has 0 atom stereocenters. The number of rotatable bonds is 7. The van der Waals surface area contributed by atoms with Gasteiger partial charge < -0.3 is 5.32 Å². The molecule has 1 N–H and O–H groups in total. The van der Waals surface area contributed by atoms with E-state index in [0.29, 0.717) is 5.02 Å². The minimum absolute atomic E-state index is 0.113. The Kier molecular flexibility index (Phi) is 6.81. The van der Waals surface area contributed by atoms with Crippen molar-refractivity contribution in [3.05, 3.63) is 58.6 Å². The van der Waals surface area contributed by atoms with Crippen LogP contribution in [0.4, 0.5) is 5.69 Å². The molecule has 0 aliphatic heterocycles. The molecule has 0 saturated carbocycles. The molecule has 2 aromatic carbocycles. The number of benzene rings is 2. The number of nitrogens with one attached hydrogen (secondary N) is 1. The summed E-state index contributed by atoms with van der Waals surface area (Å²) in [7, 11) is -3.77. The van der Waals surface area contributed by atoms with Gasteiger partial charge in [0.05, 0.1) is 11.4 Å². The van der Waals surface area contributed by atoms with Gasteiger partial charge in [0.25, 0.3) is 0 Å². The van der Waals surface area contributed by atoms with Crippen LogP contribution in [-0.4, -0.2) is 31.7 Å². The molecule has 0 radical (unpaired) electrons. The molecule has 0 bridgehead atoms. The third-order valence-corrected chi connectivity index (χ3v) is 6.32. The minimum Gasteiger partial charge on any atom is -0.324 e. The summed E-state index contributed by atoms with van der Waals surface area (Å²) in [5.41, 5.74) is 2.71. The van der Waals surface area contributed by atoms with Crippen LogP contribution in [0.25, 0.3) is 0 Å². The number of aryl methyl sites for hydroxylation is 2. The number of sulfonamides is 1. The number of nitrogens with zero attached hydrogens (tertiary/aromatic N) is 1. The van der Waals surface area contributed by atoms with Crippen LogP contribution in [0.1, 0.15) is 25.0 Å². The molecule has 140 valence electrons. The molecule has 0 aliphatic rings. The number of halogens is 1. The number of anilines is 1. The van der Waals surface area contributed by atoms with Crippen molar-refractivity contribution in [1.82, 2.24) is 4.31 Å². The Labute approximate surface area is 160 Å². The summed E-state index contributed by atoms with van der Waals surface area (Å²) < 4.78 is 26.7. The number of carbonyl (C=O) groups is 1. The summed E-state index contributed by atoms with van der Waals surface area (Å²) in [5.74, 6) is -0.367. The van der Waals surface area contributed by atoms with Crippen molar-refractivity contribution in [3.8, 4) is 0 Å². The van der Waals surface area contributed by atoms with Crippen LogP contribution in [0.15, 0.2) is 47.4 Å². The van der Waals surface area contributed by atoms with E-state index in [1.165, 1.54) is 24.3 Å². The number of hydrogen-bond donors (Lipinski definition) is 1. The van der Waals surface area contributed by atoms with E-state index in [2.05, 4.69) is 5.32 Å². The summed E-state index contributed by atoms with van der Waals surface area (Å²) in [4.78, 5) is 12.6. The van der Waals surface area contributed by atoms with E-state index in [1.807, 2.05) is 32.0 Å². The quantitative estimate of drug-likeness (QED) is 0.775. The van der Waals surface area contributed by atoms with Crippen LogP contribution in [0.3, 0.4) is 0 Å². The SMILES string of the molecule is CCc1cccc(C)c1NC(=O)CN(CC)S(=O)(=O)c1ccc(Cl)cc1. The van der Waals surface area contributed by atoms with Gasteiger partial charge in [-0.15, -0.1) is 0 Å². The van der Waals surface area contributed by atoms with Crippen LogP contribution >= 0.6 is 11.6 Å². The molecule has 1 amide bonds. The first-order valence-electron chi connectivity index (χ1n) is 8.43. The second-order valence-electron chi connectivity index (χ2n) is 5.90. The Bertz CT molecular complexity index is 880. The second-order valence-corrected chi connectivity index (χ2v) is 8.27. The monoisotopic (exact) mass is 394 g/mol. The summed E-state index contributed by atoms with van der Waals surface area (Å²) in [6, 6.07) is 11.7. The maximum atomic E-state index is 12.8. The second kappa shape index (κ2) is 8.66. The molecule has 0 aliphatic carbocycles. The van der Waals surface area contributed by atoms with Gasteiger partial charge in [-0.3, -0.25) is 4.79 Å². The predicted octanol–water partition coefficient (Wildman–Crippen LogP) is 3.86. The molecule has 0 aromatic heterocycles. The highest BCUT2D eigenvalue weighted by atomic mass is 35.5. The zero-order chi connectivity index (χ0) is 19.3. The predicted molar refractivity (Wildman–Crippen MR) is 105 cm³/mol.